The fourth-order valence-electron chi connectivity index (χ4n) is 6.92. The van der Waals surface area contributed by atoms with Crippen LogP contribution in [0.4, 0.5) is 0 Å². The van der Waals surface area contributed by atoms with E-state index in [0.29, 0.717) is 6.42 Å². The molecule has 0 amide bonds. The Bertz CT molecular complexity index is 862. The van der Waals surface area contributed by atoms with Crippen LogP contribution in [0.2, 0.25) is 0 Å². The largest absolute Gasteiger partial charge is 0.457 e. The van der Waals surface area contributed by atoms with Crippen molar-refractivity contribution in [1.82, 2.24) is 4.90 Å². The normalized spacial score (nSPS) is 41.9. The van der Waals surface area contributed by atoms with Crippen molar-refractivity contribution in [2.75, 3.05) is 20.2 Å². The van der Waals surface area contributed by atoms with E-state index in [1.165, 1.54) is 7.11 Å². The van der Waals surface area contributed by atoms with Crippen LogP contribution in [0.3, 0.4) is 0 Å². The van der Waals surface area contributed by atoms with E-state index in [2.05, 4.69) is 30.1 Å². The number of hydrogen-bond donors (Lipinski definition) is 1. The number of aliphatic hydroxyl groups is 1. The molecular formula is C28H43NO6. The minimum absolute atomic E-state index is 0.0248. The summed E-state index contributed by atoms with van der Waals surface area (Å²) in [7, 11) is 1.53. The van der Waals surface area contributed by atoms with Crippen LogP contribution in [0.5, 0.6) is 0 Å². The molecule has 35 heavy (non-hydrogen) atoms. The van der Waals surface area contributed by atoms with Crippen molar-refractivity contribution in [1.29, 1.82) is 0 Å². The number of nitrogens with zero attached hydrogens (tertiary/aromatic N) is 1. The highest BCUT2D eigenvalue weighted by Crippen LogP contribution is 2.53. The second-order valence-corrected chi connectivity index (χ2v) is 11.3. The van der Waals surface area contributed by atoms with Gasteiger partial charge in [-0.3, -0.25) is 9.69 Å². The van der Waals surface area contributed by atoms with Crippen LogP contribution < -0.4 is 0 Å². The summed E-state index contributed by atoms with van der Waals surface area (Å²) in [4.78, 5) is 28.0. The van der Waals surface area contributed by atoms with Gasteiger partial charge in [0.2, 0.25) is 0 Å². The molecule has 2 fully saturated rings. The number of carbonyl (C=O) groups is 2. The van der Waals surface area contributed by atoms with Gasteiger partial charge in [-0.2, -0.15) is 0 Å². The highest BCUT2D eigenvalue weighted by atomic mass is 16.6. The molecule has 7 nitrogen and oxygen atoms in total. The van der Waals surface area contributed by atoms with E-state index < -0.39 is 29.9 Å². The monoisotopic (exact) mass is 489 g/mol. The summed E-state index contributed by atoms with van der Waals surface area (Å²) >= 11 is 0. The number of likely N-dealkylation sites (tertiary alicyclic amines) is 1. The van der Waals surface area contributed by atoms with E-state index in [1.807, 2.05) is 13.8 Å². The lowest BCUT2D eigenvalue weighted by Gasteiger charge is -2.42. The molecule has 0 saturated carbocycles. The lowest BCUT2D eigenvalue weighted by Crippen LogP contribution is -2.51. The molecule has 10 atom stereocenters. The third-order valence-electron chi connectivity index (χ3n) is 8.99. The summed E-state index contributed by atoms with van der Waals surface area (Å²) in [6, 6.07) is 0.0248. The number of esters is 1. The number of ketones is 1. The Kier molecular flexibility index (Phi) is 7.91. The number of cyclic esters (lactones) is 1. The SMILES string of the molecule is COC1C[C@H]2C=C[C@@H]3C[C@]2(O[C@H]3C(C(C)C(C)=O)N2CCCC2)/C(C)=C/[C@@H](C)[C@@H]([C@@H](C)O)OC1=O. The van der Waals surface area contributed by atoms with Crippen LogP contribution in [0, 0.1) is 23.7 Å². The quantitative estimate of drug-likeness (QED) is 0.453. The average molecular weight is 490 g/mol. The fraction of sp³-hybridized carbons (Fsp3) is 0.786. The van der Waals surface area contributed by atoms with E-state index in [0.717, 1.165) is 37.9 Å². The van der Waals surface area contributed by atoms with Gasteiger partial charge in [0, 0.05) is 36.8 Å². The molecule has 3 heterocycles. The van der Waals surface area contributed by atoms with Crippen molar-refractivity contribution in [2.24, 2.45) is 23.7 Å². The third-order valence-corrected chi connectivity index (χ3v) is 8.99. The lowest BCUT2D eigenvalue weighted by molar-refractivity contribution is -0.171. The summed E-state index contributed by atoms with van der Waals surface area (Å²) in [6.45, 7) is 11.4. The number of carbonyl (C=O) groups excluding carboxylic acids is 2. The number of ether oxygens (including phenoxy) is 3. The number of methoxy groups -OCH3 is 1. The standard InChI is InChI=1S/C28H43NO6/c1-16-13-17(2)28-15-21(26(35-28)24(18(3)19(4)30)29-11-7-8-12-29)9-10-22(28)14-23(33-6)27(32)34-25(16)20(5)31/h9-10,13,16,18,20-26,31H,7-8,11-12,14-15H2,1-6H3/b17-13+/t16-,18?,20-,21-,22-,23?,24?,25+,26-,28+/m1/s1. The second-order valence-electron chi connectivity index (χ2n) is 11.3. The summed E-state index contributed by atoms with van der Waals surface area (Å²) in [5.74, 6) is -0.426. The first-order valence-corrected chi connectivity index (χ1v) is 13.3. The molecular weight excluding hydrogens is 446 g/mol. The van der Waals surface area contributed by atoms with E-state index >= 15 is 0 Å². The molecule has 1 spiro atoms. The van der Waals surface area contributed by atoms with Gasteiger partial charge in [-0.1, -0.05) is 32.1 Å². The van der Waals surface area contributed by atoms with Crippen LogP contribution in [0.15, 0.2) is 23.8 Å². The molecule has 1 aliphatic carbocycles. The molecule has 4 rings (SSSR count). The Morgan fingerprint density at radius 3 is 2.51 bits per heavy atom. The zero-order valence-electron chi connectivity index (χ0n) is 22.1. The van der Waals surface area contributed by atoms with E-state index in [1.54, 1.807) is 13.8 Å². The molecule has 0 aromatic carbocycles. The highest BCUT2D eigenvalue weighted by Gasteiger charge is 2.57. The van der Waals surface area contributed by atoms with Gasteiger partial charge < -0.3 is 19.3 Å². The minimum atomic E-state index is -0.810. The zero-order chi connectivity index (χ0) is 25.5. The smallest absolute Gasteiger partial charge is 0.335 e. The maximum absolute atomic E-state index is 13.0. The Hall–Kier alpha value is -1.54. The molecule has 3 aliphatic heterocycles. The Balaban J connectivity index is 1.75. The molecule has 0 aromatic rings. The van der Waals surface area contributed by atoms with Crippen molar-refractivity contribution in [3.63, 3.8) is 0 Å². The van der Waals surface area contributed by atoms with Gasteiger partial charge in [-0.15, -0.1) is 0 Å². The molecule has 4 aliphatic rings. The van der Waals surface area contributed by atoms with Gasteiger partial charge in [0.25, 0.3) is 0 Å². The zero-order valence-corrected chi connectivity index (χ0v) is 22.1. The Labute approximate surface area is 209 Å². The van der Waals surface area contributed by atoms with Gasteiger partial charge >= 0.3 is 5.97 Å². The topological polar surface area (TPSA) is 85.3 Å². The molecule has 0 aromatic heterocycles. The predicted molar refractivity (Wildman–Crippen MR) is 133 cm³/mol. The van der Waals surface area contributed by atoms with Gasteiger partial charge in [-0.05, 0) is 65.1 Å². The highest BCUT2D eigenvalue weighted by molar-refractivity contribution is 5.78. The lowest BCUT2D eigenvalue weighted by atomic mass is 9.69. The molecule has 196 valence electrons. The summed E-state index contributed by atoms with van der Waals surface area (Å²) < 4.78 is 18.5. The second kappa shape index (κ2) is 10.4. The first kappa shape index (κ1) is 26.5. The number of rotatable bonds is 6. The first-order valence-electron chi connectivity index (χ1n) is 13.3. The van der Waals surface area contributed by atoms with Crippen LogP contribution in [-0.2, 0) is 23.8 Å². The fourth-order valence-corrected chi connectivity index (χ4v) is 6.92. The van der Waals surface area contributed by atoms with Crippen LogP contribution >= 0.6 is 0 Å². The van der Waals surface area contributed by atoms with E-state index in [4.69, 9.17) is 14.2 Å². The molecule has 0 radical (unpaired) electrons. The molecule has 7 heteroatoms. The molecule has 2 bridgehead atoms. The summed E-state index contributed by atoms with van der Waals surface area (Å²) in [5, 5.41) is 10.4. The number of Topliss-reactive ketones (excluding diaryl/α,β-unsaturated/α-hetero) is 1. The molecule has 3 unspecified atom stereocenters. The number of fused-ring (bicyclic) bond motifs is 1. The van der Waals surface area contributed by atoms with E-state index in [9.17, 15) is 14.7 Å². The summed E-state index contributed by atoms with van der Waals surface area (Å²) in [6.07, 6.45) is 7.79. The first-order chi connectivity index (χ1) is 16.6. The average Bonchev–Trinajstić information content (AvgIpc) is 3.44. The van der Waals surface area contributed by atoms with Crippen molar-refractivity contribution >= 4 is 11.8 Å². The predicted octanol–water partition coefficient (Wildman–Crippen LogP) is 3.30. The Morgan fingerprint density at radius 1 is 1.23 bits per heavy atom. The number of hydrogen-bond acceptors (Lipinski definition) is 7. The van der Waals surface area contributed by atoms with Gasteiger partial charge in [0.05, 0.1) is 17.8 Å². The maximum atomic E-state index is 13.0. The van der Waals surface area contributed by atoms with Crippen molar-refractivity contribution in [3.05, 3.63) is 23.8 Å². The van der Waals surface area contributed by atoms with Gasteiger partial charge in [0.1, 0.15) is 11.9 Å². The number of aliphatic hydroxyl groups excluding tert-OH is 1. The van der Waals surface area contributed by atoms with Crippen LogP contribution in [-0.4, -0.2) is 78.0 Å². The van der Waals surface area contributed by atoms with Crippen LogP contribution in [0.1, 0.15) is 60.3 Å². The third kappa shape index (κ3) is 4.89. The maximum Gasteiger partial charge on any atom is 0.335 e. The van der Waals surface area contributed by atoms with Crippen molar-refractivity contribution in [2.45, 2.75) is 96.4 Å². The molecule has 1 N–H and O–H groups in total. The van der Waals surface area contributed by atoms with E-state index in [-0.39, 0.29) is 41.6 Å². The van der Waals surface area contributed by atoms with Crippen molar-refractivity contribution < 1.29 is 28.9 Å². The summed E-state index contributed by atoms with van der Waals surface area (Å²) in [5.41, 5.74) is 0.519. The molecule has 2 saturated heterocycles. The van der Waals surface area contributed by atoms with Crippen molar-refractivity contribution in [3.8, 4) is 0 Å². The van der Waals surface area contributed by atoms with Gasteiger partial charge in [0.15, 0.2) is 6.10 Å². The van der Waals surface area contributed by atoms with Gasteiger partial charge in [-0.25, -0.2) is 4.79 Å². The Morgan fingerprint density at radius 2 is 1.91 bits per heavy atom. The minimum Gasteiger partial charge on any atom is -0.457 e. The van der Waals surface area contributed by atoms with Crippen LogP contribution in [0.25, 0.3) is 0 Å².